The minimum absolute atomic E-state index is 0.0239. The summed E-state index contributed by atoms with van der Waals surface area (Å²) in [4.78, 5) is 66.5. The summed E-state index contributed by atoms with van der Waals surface area (Å²) >= 11 is 6.32. The highest BCUT2D eigenvalue weighted by Crippen LogP contribution is 2.32. The van der Waals surface area contributed by atoms with Gasteiger partial charge in [0.05, 0.1) is 24.6 Å². The predicted molar refractivity (Wildman–Crippen MR) is 196 cm³/mol. The van der Waals surface area contributed by atoms with Crippen LogP contribution in [-0.4, -0.2) is 74.3 Å². The molecule has 1 heterocycles. The van der Waals surface area contributed by atoms with E-state index >= 15 is 0 Å². The van der Waals surface area contributed by atoms with Crippen LogP contribution in [0.15, 0.2) is 60.7 Å². The highest BCUT2D eigenvalue weighted by Gasteiger charge is 2.38. The van der Waals surface area contributed by atoms with Crippen LogP contribution in [0.3, 0.4) is 0 Å². The van der Waals surface area contributed by atoms with Crippen LogP contribution in [0.2, 0.25) is 5.02 Å². The fraction of sp³-hybridized carbons (Fsp3) is 0.513. The second-order valence-electron chi connectivity index (χ2n) is 14.4. The van der Waals surface area contributed by atoms with Gasteiger partial charge in [-0.15, -0.1) is 0 Å². The van der Waals surface area contributed by atoms with Gasteiger partial charge in [-0.3, -0.25) is 19.2 Å². The van der Waals surface area contributed by atoms with Crippen LogP contribution in [0.1, 0.15) is 71.4 Å². The maximum Gasteiger partial charge on any atom is 0.347 e. The Morgan fingerprint density at radius 2 is 1.73 bits per heavy atom. The van der Waals surface area contributed by atoms with Gasteiger partial charge in [0.25, 0.3) is 0 Å². The van der Waals surface area contributed by atoms with Crippen LogP contribution in [0, 0.1) is 17.3 Å². The molecule has 13 heteroatoms. The number of amides is 2. The zero-order chi connectivity index (χ0) is 38.6. The maximum atomic E-state index is 13.9. The number of hydrogen-bond acceptors (Lipinski definition) is 10. The lowest BCUT2D eigenvalue weighted by atomic mass is 9.83. The van der Waals surface area contributed by atoms with E-state index in [1.54, 1.807) is 32.0 Å². The Bertz CT molecular complexity index is 1580. The fourth-order valence-corrected chi connectivity index (χ4v) is 6.15. The van der Waals surface area contributed by atoms with Crippen LogP contribution < -0.4 is 21.1 Å². The molecule has 2 amide bonds. The topological polar surface area (TPSA) is 172 Å². The number of methoxy groups -OCH3 is 1. The highest BCUT2D eigenvalue weighted by molar-refractivity contribution is 6.32. The number of cyclic esters (lactones) is 2. The third-order valence-corrected chi connectivity index (χ3v) is 9.15. The molecule has 7 atom stereocenters. The summed E-state index contributed by atoms with van der Waals surface area (Å²) in [6.45, 7) is 10.5. The number of nitrogens with two attached hydrogens (primary N) is 1. The van der Waals surface area contributed by atoms with Crippen molar-refractivity contribution in [2.24, 2.45) is 23.0 Å². The van der Waals surface area contributed by atoms with E-state index in [4.69, 9.17) is 36.3 Å². The van der Waals surface area contributed by atoms with Gasteiger partial charge in [0.15, 0.2) is 6.10 Å². The molecule has 12 nitrogen and oxygen atoms in total. The molecule has 0 saturated heterocycles. The molecule has 3 rings (SSSR count). The summed E-state index contributed by atoms with van der Waals surface area (Å²) in [6.07, 6.45) is 0.0376. The van der Waals surface area contributed by atoms with Crippen LogP contribution in [0.4, 0.5) is 0 Å². The van der Waals surface area contributed by atoms with E-state index in [1.165, 1.54) is 19.3 Å². The Balaban J connectivity index is 2.02. The standard InChI is InChI=1S/C39H52ClN3O9/c1-23-22-42-36(46)29(19-26-16-17-31(49-7)28(40)18-26)43-33(44)15-11-14-30(50-38(48)32(51-37(23)47)20-39(4,5)6)25(3)35(52-34(45)21-41)24(2)27-12-9-8-10-13-27/h8-13,15-18,23-25,29-30,32,35H,14,19-22,41H2,1-7H3,(H,42,46)(H,43,44)/b15-11+/t23-,24+,25+,29-,30+,32+,35+/m1/s1. The van der Waals surface area contributed by atoms with E-state index in [2.05, 4.69) is 10.6 Å². The molecule has 284 valence electrons. The van der Waals surface area contributed by atoms with Gasteiger partial charge >= 0.3 is 17.9 Å². The van der Waals surface area contributed by atoms with Crippen molar-refractivity contribution in [1.82, 2.24) is 10.6 Å². The Kier molecular flexibility index (Phi) is 15.7. The molecule has 2 aromatic carbocycles. The van der Waals surface area contributed by atoms with Gasteiger partial charge in [-0.2, -0.15) is 0 Å². The van der Waals surface area contributed by atoms with Gasteiger partial charge in [-0.1, -0.05) is 95.6 Å². The summed E-state index contributed by atoms with van der Waals surface area (Å²) in [5, 5.41) is 5.80. The first-order valence-corrected chi connectivity index (χ1v) is 17.8. The molecule has 1 aliphatic rings. The first-order valence-electron chi connectivity index (χ1n) is 17.5. The van der Waals surface area contributed by atoms with E-state index in [9.17, 15) is 24.0 Å². The van der Waals surface area contributed by atoms with E-state index in [0.717, 1.165) is 5.56 Å². The van der Waals surface area contributed by atoms with Gasteiger partial charge in [0.2, 0.25) is 11.8 Å². The number of halogens is 1. The summed E-state index contributed by atoms with van der Waals surface area (Å²) in [6, 6.07) is 13.4. The Morgan fingerprint density at radius 3 is 2.35 bits per heavy atom. The number of ether oxygens (including phenoxy) is 4. The van der Waals surface area contributed by atoms with Crippen molar-refractivity contribution in [3.8, 4) is 5.75 Å². The Morgan fingerprint density at radius 1 is 1.04 bits per heavy atom. The van der Waals surface area contributed by atoms with Crippen molar-refractivity contribution in [2.75, 3.05) is 20.2 Å². The third kappa shape index (κ3) is 12.7. The normalized spacial score (nSPS) is 23.2. The third-order valence-electron chi connectivity index (χ3n) is 8.86. The largest absolute Gasteiger partial charge is 0.495 e. The zero-order valence-electron chi connectivity index (χ0n) is 31.0. The zero-order valence-corrected chi connectivity index (χ0v) is 31.7. The number of hydrogen-bond donors (Lipinski definition) is 3. The second kappa shape index (κ2) is 19.4. The molecule has 0 aromatic heterocycles. The van der Waals surface area contributed by atoms with Gasteiger partial charge < -0.3 is 35.3 Å². The lowest BCUT2D eigenvalue weighted by Gasteiger charge is -2.35. The monoisotopic (exact) mass is 741 g/mol. The number of nitrogens with one attached hydrogen (secondary N) is 2. The highest BCUT2D eigenvalue weighted by atomic mass is 35.5. The van der Waals surface area contributed by atoms with Crippen LogP contribution in [-0.2, 0) is 44.6 Å². The molecule has 2 aromatic rings. The summed E-state index contributed by atoms with van der Waals surface area (Å²) in [5.74, 6) is -4.58. The number of carbonyl (C=O) groups is 5. The SMILES string of the molecule is COc1ccc(C[C@H]2NC(=O)/C=C/C[C@@H]([C@H](C)[C@@H](OC(=O)CN)[C@@H](C)c3ccccc3)OC(=O)[C@H](CC(C)(C)C)OC(=O)[C@H](C)CNC2=O)cc1Cl. The lowest BCUT2D eigenvalue weighted by Crippen LogP contribution is -2.49. The van der Waals surface area contributed by atoms with Crippen LogP contribution >= 0.6 is 11.6 Å². The van der Waals surface area contributed by atoms with Gasteiger partial charge in [0.1, 0.15) is 24.0 Å². The molecule has 0 saturated carbocycles. The summed E-state index contributed by atoms with van der Waals surface area (Å²) in [5.41, 5.74) is 6.73. The molecule has 4 N–H and O–H groups in total. The van der Waals surface area contributed by atoms with Crippen molar-refractivity contribution < 1.29 is 42.9 Å². The van der Waals surface area contributed by atoms with E-state index < -0.39 is 71.3 Å². The van der Waals surface area contributed by atoms with Crippen LogP contribution in [0.25, 0.3) is 0 Å². The maximum absolute atomic E-state index is 13.9. The number of benzene rings is 2. The Hall–Kier alpha value is -4.42. The summed E-state index contributed by atoms with van der Waals surface area (Å²) < 4.78 is 23.0. The molecule has 0 radical (unpaired) electrons. The van der Waals surface area contributed by atoms with Crippen molar-refractivity contribution in [3.05, 3.63) is 76.8 Å². The van der Waals surface area contributed by atoms with Crippen LogP contribution in [0.5, 0.6) is 5.75 Å². The molecule has 0 spiro atoms. The quantitative estimate of drug-likeness (QED) is 0.230. The fourth-order valence-electron chi connectivity index (χ4n) is 5.87. The van der Waals surface area contributed by atoms with Crippen molar-refractivity contribution in [1.29, 1.82) is 0 Å². The van der Waals surface area contributed by atoms with E-state index in [0.29, 0.717) is 16.3 Å². The average molecular weight is 742 g/mol. The molecule has 0 aliphatic carbocycles. The van der Waals surface area contributed by atoms with E-state index in [1.807, 2.05) is 58.0 Å². The Labute approximate surface area is 311 Å². The molecular weight excluding hydrogens is 690 g/mol. The lowest BCUT2D eigenvalue weighted by molar-refractivity contribution is -0.180. The molecule has 0 bridgehead atoms. The van der Waals surface area contributed by atoms with Crippen molar-refractivity contribution in [2.45, 2.75) is 91.1 Å². The number of carbonyl (C=O) groups excluding carboxylic acids is 5. The molecule has 0 fully saturated rings. The number of rotatable bonds is 10. The molecular formula is C39H52ClN3O9. The van der Waals surface area contributed by atoms with Crippen molar-refractivity contribution >= 4 is 41.3 Å². The van der Waals surface area contributed by atoms with Crippen molar-refractivity contribution in [3.63, 3.8) is 0 Å². The smallest absolute Gasteiger partial charge is 0.347 e. The molecule has 1 aliphatic heterocycles. The van der Waals surface area contributed by atoms with E-state index in [-0.39, 0.29) is 38.3 Å². The predicted octanol–water partition coefficient (Wildman–Crippen LogP) is 4.66. The number of esters is 3. The van der Waals surface area contributed by atoms with Gasteiger partial charge in [-0.05, 0) is 34.8 Å². The second-order valence-corrected chi connectivity index (χ2v) is 14.8. The molecule has 52 heavy (non-hydrogen) atoms. The minimum Gasteiger partial charge on any atom is -0.495 e. The minimum atomic E-state index is -1.27. The first kappa shape index (κ1) is 42.0. The molecule has 0 unspecified atom stereocenters. The average Bonchev–Trinajstić information content (AvgIpc) is 3.10. The van der Waals surface area contributed by atoms with Gasteiger partial charge in [-0.25, -0.2) is 4.79 Å². The first-order chi connectivity index (χ1) is 24.5. The van der Waals surface area contributed by atoms with Gasteiger partial charge in [0, 0.05) is 37.6 Å². The summed E-state index contributed by atoms with van der Waals surface area (Å²) in [7, 11) is 1.49.